The molecule has 2 atom stereocenters. The van der Waals surface area contributed by atoms with Crippen LogP contribution in [0.3, 0.4) is 0 Å². The summed E-state index contributed by atoms with van der Waals surface area (Å²) in [5.41, 5.74) is 6.82. The van der Waals surface area contributed by atoms with Crippen molar-refractivity contribution < 1.29 is 0 Å². The van der Waals surface area contributed by atoms with E-state index in [1.165, 1.54) is 10.8 Å². The summed E-state index contributed by atoms with van der Waals surface area (Å²) in [6, 6.07) is 12.7. The molecule has 9 nitrogen and oxygen atoms in total. The second-order valence-electron chi connectivity index (χ2n) is 7.43. The third kappa shape index (κ3) is 3.80. The van der Waals surface area contributed by atoms with E-state index in [1.54, 1.807) is 16.8 Å². The summed E-state index contributed by atoms with van der Waals surface area (Å²) < 4.78 is 3.08. The van der Waals surface area contributed by atoms with Gasteiger partial charge in [-0.15, -0.1) is 0 Å². The van der Waals surface area contributed by atoms with Crippen LogP contribution in [0.15, 0.2) is 53.7 Å². The Morgan fingerprint density at radius 1 is 1.18 bits per heavy atom. The van der Waals surface area contributed by atoms with Crippen LogP contribution in [-0.4, -0.2) is 30.7 Å². The average Bonchev–Trinajstić information content (AvgIpc) is 3.13. The van der Waals surface area contributed by atoms with Gasteiger partial charge >= 0.3 is 0 Å². The summed E-state index contributed by atoms with van der Waals surface area (Å²) in [4.78, 5) is 23.7. The molecule has 12 heteroatoms. The van der Waals surface area contributed by atoms with E-state index >= 15 is 0 Å². The zero-order chi connectivity index (χ0) is 21.7. The Bertz CT molecular complexity index is 1420. The molecule has 1 unspecified atom stereocenters. The lowest BCUT2D eigenvalue weighted by atomic mass is 9.88. The monoisotopic (exact) mass is 500 g/mol. The normalized spacial score (nSPS) is 16.9. The first-order valence-corrected chi connectivity index (χ1v) is 10.0. The van der Waals surface area contributed by atoms with Crippen LogP contribution >= 0.6 is 38.6 Å². The van der Waals surface area contributed by atoms with Gasteiger partial charge in [0.1, 0.15) is 29.3 Å². The average molecular weight is 501 g/mol. The maximum absolute atomic E-state index is 13.5. The topological polar surface area (TPSA) is 118 Å². The third-order valence-electron chi connectivity index (χ3n) is 5.54. The van der Waals surface area contributed by atoms with Crippen molar-refractivity contribution in [2.45, 2.75) is 13.0 Å². The van der Waals surface area contributed by atoms with E-state index in [0.717, 1.165) is 0 Å². The lowest BCUT2D eigenvalue weighted by Gasteiger charge is -2.47. The van der Waals surface area contributed by atoms with Gasteiger partial charge in [0.05, 0.1) is 16.8 Å². The molecule has 0 radical (unpaired) electrons. The SMILES string of the molecule is C[C@H]1CN(c2ncnc(N)c2C#N)C1c1nn2ccc(Cl)c2c(=O)n1-c1ccccc1.S.S. The van der Waals surface area contributed by atoms with Gasteiger partial charge in [0.25, 0.3) is 5.56 Å². The van der Waals surface area contributed by atoms with Crippen molar-refractivity contribution in [1.82, 2.24) is 24.1 Å². The van der Waals surface area contributed by atoms with Crippen LogP contribution < -0.4 is 16.2 Å². The Labute approximate surface area is 208 Å². The second kappa shape index (κ2) is 9.35. The van der Waals surface area contributed by atoms with Crippen molar-refractivity contribution in [2.75, 3.05) is 17.2 Å². The van der Waals surface area contributed by atoms with E-state index in [9.17, 15) is 10.1 Å². The number of hydrogen-bond donors (Lipinski definition) is 1. The number of rotatable bonds is 3. The van der Waals surface area contributed by atoms with Crippen molar-refractivity contribution in [3.63, 3.8) is 0 Å². The fourth-order valence-electron chi connectivity index (χ4n) is 4.08. The number of aromatic nitrogens is 5. The standard InChI is InChI=1S/C21H17ClN8O.2H2S/c1-12-10-28(19-14(9-23)18(24)25-11-26-19)16(12)20-27-29-8-7-15(22)17(29)21(31)30(20)13-5-3-2-4-6-13;;/h2-8,11-12,16H,10H2,1H3,(H2,24,25,26);2*1H2/t12-,16?;;/m0../s1. The summed E-state index contributed by atoms with van der Waals surface area (Å²) in [5, 5.41) is 14.7. The Morgan fingerprint density at radius 2 is 1.91 bits per heavy atom. The van der Waals surface area contributed by atoms with Crippen LogP contribution in [0.5, 0.6) is 0 Å². The predicted molar refractivity (Wildman–Crippen MR) is 137 cm³/mol. The van der Waals surface area contributed by atoms with Gasteiger partial charge in [0.2, 0.25) is 0 Å². The van der Waals surface area contributed by atoms with Gasteiger partial charge in [0, 0.05) is 18.7 Å². The molecule has 4 heterocycles. The maximum atomic E-state index is 13.5. The van der Waals surface area contributed by atoms with Crippen LogP contribution in [-0.2, 0) is 0 Å². The molecule has 0 amide bonds. The molecule has 2 N–H and O–H groups in total. The minimum atomic E-state index is -0.306. The number of hydrogen-bond acceptors (Lipinski definition) is 7. The van der Waals surface area contributed by atoms with E-state index in [2.05, 4.69) is 23.0 Å². The summed E-state index contributed by atoms with van der Waals surface area (Å²) >= 11 is 6.28. The molecule has 3 aromatic heterocycles. The van der Waals surface area contributed by atoms with Crippen molar-refractivity contribution >= 4 is 55.7 Å². The number of nitriles is 1. The van der Waals surface area contributed by atoms with E-state index in [0.29, 0.717) is 34.4 Å². The van der Waals surface area contributed by atoms with Gasteiger partial charge in [-0.05, 0) is 18.2 Å². The summed E-state index contributed by atoms with van der Waals surface area (Å²) in [5.74, 6) is 1.22. The van der Waals surface area contributed by atoms with Gasteiger partial charge in [-0.2, -0.15) is 37.4 Å². The van der Waals surface area contributed by atoms with Gasteiger partial charge in [-0.25, -0.2) is 14.5 Å². The van der Waals surface area contributed by atoms with Crippen LogP contribution in [0.1, 0.15) is 24.4 Å². The van der Waals surface area contributed by atoms with Crippen LogP contribution in [0.2, 0.25) is 5.02 Å². The molecule has 0 bridgehead atoms. The minimum absolute atomic E-state index is 0. The van der Waals surface area contributed by atoms with Gasteiger partial charge in [-0.3, -0.25) is 9.36 Å². The fraction of sp³-hybridized carbons (Fsp3) is 0.190. The first kappa shape index (κ1) is 24.4. The highest BCUT2D eigenvalue weighted by molar-refractivity contribution is 7.59. The highest BCUT2D eigenvalue weighted by atomic mass is 35.5. The number of nitrogens with zero attached hydrogens (tertiary/aromatic N) is 7. The Kier molecular flexibility index (Phi) is 6.92. The van der Waals surface area contributed by atoms with E-state index < -0.39 is 0 Å². The van der Waals surface area contributed by atoms with Crippen molar-refractivity contribution in [3.8, 4) is 11.8 Å². The largest absolute Gasteiger partial charge is 0.382 e. The molecule has 1 aliphatic heterocycles. The first-order valence-electron chi connectivity index (χ1n) is 9.63. The molecule has 0 aliphatic carbocycles. The molecular weight excluding hydrogens is 480 g/mol. The van der Waals surface area contributed by atoms with E-state index in [1.807, 2.05) is 35.2 Å². The zero-order valence-corrected chi connectivity index (χ0v) is 20.2. The van der Waals surface area contributed by atoms with Crippen LogP contribution in [0.25, 0.3) is 11.2 Å². The van der Waals surface area contributed by atoms with E-state index in [-0.39, 0.29) is 55.9 Å². The lowest BCUT2D eigenvalue weighted by molar-refractivity contribution is 0.300. The number of para-hydroxylation sites is 1. The third-order valence-corrected chi connectivity index (χ3v) is 5.85. The van der Waals surface area contributed by atoms with Crippen LogP contribution in [0, 0.1) is 17.2 Å². The number of nitrogens with two attached hydrogens (primary N) is 1. The Hall–Kier alpha value is -3.20. The number of anilines is 2. The van der Waals surface area contributed by atoms with Crippen molar-refractivity contribution in [3.05, 3.63) is 75.7 Å². The Morgan fingerprint density at radius 3 is 2.58 bits per heavy atom. The highest BCUT2D eigenvalue weighted by Crippen LogP contribution is 2.42. The van der Waals surface area contributed by atoms with Gasteiger partial charge in [-0.1, -0.05) is 36.7 Å². The minimum Gasteiger partial charge on any atom is -0.382 e. The maximum Gasteiger partial charge on any atom is 0.284 e. The van der Waals surface area contributed by atoms with Gasteiger partial charge in [0.15, 0.2) is 11.6 Å². The summed E-state index contributed by atoms with van der Waals surface area (Å²) in [7, 11) is 0. The quantitative estimate of drug-likeness (QED) is 0.459. The number of benzene rings is 1. The lowest BCUT2D eigenvalue weighted by Crippen LogP contribution is -2.51. The fourth-order valence-corrected chi connectivity index (χ4v) is 4.31. The van der Waals surface area contributed by atoms with E-state index in [4.69, 9.17) is 22.4 Å². The molecule has 170 valence electrons. The summed E-state index contributed by atoms with van der Waals surface area (Å²) in [6.45, 7) is 2.69. The zero-order valence-electron chi connectivity index (χ0n) is 17.5. The molecule has 33 heavy (non-hydrogen) atoms. The molecular formula is C21H21ClN8OS2. The number of fused-ring (bicyclic) bond motifs is 1. The molecule has 0 saturated carbocycles. The molecule has 1 fully saturated rings. The highest BCUT2D eigenvalue weighted by Gasteiger charge is 2.43. The van der Waals surface area contributed by atoms with Crippen molar-refractivity contribution in [1.29, 1.82) is 5.26 Å². The Balaban J connectivity index is 0.00000153. The number of halogens is 1. The molecule has 0 spiro atoms. The predicted octanol–water partition coefficient (Wildman–Crippen LogP) is 2.81. The van der Waals surface area contributed by atoms with Crippen LogP contribution in [0.4, 0.5) is 11.6 Å². The summed E-state index contributed by atoms with van der Waals surface area (Å²) in [6.07, 6.45) is 2.99. The smallest absolute Gasteiger partial charge is 0.284 e. The second-order valence-corrected chi connectivity index (χ2v) is 7.84. The van der Waals surface area contributed by atoms with Crippen molar-refractivity contribution in [2.24, 2.45) is 5.92 Å². The molecule has 5 rings (SSSR count). The molecule has 1 saturated heterocycles. The first-order chi connectivity index (χ1) is 15.0. The number of nitrogen functional groups attached to an aromatic ring is 1. The molecule has 4 aromatic rings. The molecule has 1 aliphatic rings. The van der Waals surface area contributed by atoms with Gasteiger partial charge < -0.3 is 10.6 Å². The molecule has 1 aromatic carbocycles.